The van der Waals surface area contributed by atoms with Crippen molar-refractivity contribution in [1.29, 1.82) is 0 Å². The maximum atomic E-state index is 11.6. The van der Waals surface area contributed by atoms with E-state index >= 15 is 0 Å². The second kappa shape index (κ2) is 6.38. The summed E-state index contributed by atoms with van der Waals surface area (Å²) in [7, 11) is 0. The normalized spacial score (nSPS) is 16.4. The molecule has 0 saturated carbocycles. The third-order valence-electron chi connectivity index (χ3n) is 2.21. The highest BCUT2D eigenvalue weighted by Crippen LogP contribution is 2.36. The average molecular weight is 437 g/mol. The number of benzene rings is 1. The monoisotopic (exact) mass is 435 g/mol. The van der Waals surface area contributed by atoms with Gasteiger partial charge in [0, 0.05) is 6.92 Å². The van der Waals surface area contributed by atoms with Crippen LogP contribution < -0.4 is 10.1 Å². The predicted octanol–water partition coefficient (Wildman–Crippen LogP) is 3.63. The number of carbonyl (C=O) groups is 2. The van der Waals surface area contributed by atoms with Crippen molar-refractivity contribution in [2.75, 3.05) is 0 Å². The molecule has 1 saturated heterocycles. The molecule has 104 valence electrons. The molecule has 20 heavy (non-hydrogen) atoms. The number of amides is 1. The fourth-order valence-corrected chi connectivity index (χ4v) is 3.90. The van der Waals surface area contributed by atoms with Gasteiger partial charge in [0.1, 0.15) is 4.32 Å². The number of ether oxygens (including phenoxy) is 1. The lowest BCUT2D eigenvalue weighted by molar-refractivity contribution is -0.132. The van der Waals surface area contributed by atoms with Gasteiger partial charge in [-0.3, -0.25) is 9.59 Å². The molecule has 1 N–H and O–H groups in total. The van der Waals surface area contributed by atoms with Gasteiger partial charge in [-0.15, -0.1) is 0 Å². The Hall–Kier alpha value is -0.700. The Morgan fingerprint density at radius 2 is 2.00 bits per heavy atom. The summed E-state index contributed by atoms with van der Waals surface area (Å²) in [6.07, 6.45) is 1.71. The Kier molecular flexibility index (Phi) is 5.00. The van der Waals surface area contributed by atoms with Crippen molar-refractivity contribution in [2.45, 2.75) is 6.92 Å². The van der Waals surface area contributed by atoms with Crippen LogP contribution in [0.2, 0.25) is 0 Å². The zero-order chi connectivity index (χ0) is 14.9. The lowest BCUT2D eigenvalue weighted by Crippen LogP contribution is -2.17. The van der Waals surface area contributed by atoms with Crippen LogP contribution in [0.15, 0.2) is 26.0 Å². The first kappa shape index (κ1) is 15.7. The van der Waals surface area contributed by atoms with Gasteiger partial charge in [-0.2, -0.15) is 0 Å². The number of carbonyl (C=O) groups excluding carboxylic acids is 2. The van der Waals surface area contributed by atoms with Crippen molar-refractivity contribution in [3.8, 4) is 5.75 Å². The molecule has 0 aliphatic carbocycles. The number of hydrogen-bond donors (Lipinski definition) is 1. The van der Waals surface area contributed by atoms with E-state index in [4.69, 9.17) is 17.0 Å². The van der Waals surface area contributed by atoms with Gasteiger partial charge in [-0.25, -0.2) is 0 Å². The molecular formula is C12H7Br2NO3S2. The van der Waals surface area contributed by atoms with E-state index in [9.17, 15) is 9.59 Å². The van der Waals surface area contributed by atoms with Crippen molar-refractivity contribution in [3.05, 3.63) is 31.5 Å². The third kappa shape index (κ3) is 3.69. The van der Waals surface area contributed by atoms with Crippen molar-refractivity contribution in [2.24, 2.45) is 0 Å². The van der Waals surface area contributed by atoms with E-state index in [1.54, 1.807) is 18.2 Å². The Labute approximate surface area is 141 Å². The quantitative estimate of drug-likeness (QED) is 0.332. The van der Waals surface area contributed by atoms with Crippen LogP contribution in [0.5, 0.6) is 5.75 Å². The Balaban J connectivity index is 2.36. The van der Waals surface area contributed by atoms with E-state index in [0.717, 1.165) is 5.56 Å². The minimum absolute atomic E-state index is 0.212. The average Bonchev–Trinajstić information content (AvgIpc) is 2.62. The minimum Gasteiger partial charge on any atom is -0.424 e. The number of thioether (sulfide) groups is 1. The van der Waals surface area contributed by atoms with E-state index in [-0.39, 0.29) is 5.91 Å². The summed E-state index contributed by atoms with van der Waals surface area (Å²) < 4.78 is 6.74. The summed E-state index contributed by atoms with van der Waals surface area (Å²) >= 11 is 12.8. The van der Waals surface area contributed by atoms with Crippen LogP contribution in [0.1, 0.15) is 12.5 Å². The molecule has 1 aromatic carbocycles. The standard InChI is InChI=1S/C12H7Br2NO3S2/c1-5(16)18-10-7(13)2-6(3-8(10)14)4-9-11(17)15-12(19)20-9/h2-4H,1H3,(H,15,17,19). The van der Waals surface area contributed by atoms with Crippen molar-refractivity contribution < 1.29 is 14.3 Å². The zero-order valence-corrected chi connectivity index (χ0v) is 14.8. The van der Waals surface area contributed by atoms with Gasteiger partial charge in [-0.05, 0) is 55.6 Å². The van der Waals surface area contributed by atoms with Gasteiger partial charge < -0.3 is 10.1 Å². The lowest BCUT2D eigenvalue weighted by atomic mass is 10.2. The second-order valence-corrected chi connectivity index (χ2v) is 7.19. The molecule has 2 rings (SSSR count). The minimum atomic E-state index is -0.409. The predicted molar refractivity (Wildman–Crippen MR) is 89.5 cm³/mol. The van der Waals surface area contributed by atoms with Crippen LogP contribution in [-0.2, 0) is 9.59 Å². The summed E-state index contributed by atoms with van der Waals surface area (Å²) in [6.45, 7) is 1.33. The molecule has 0 radical (unpaired) electrons. The maximum Gasteiger partial charge on any atom is 0.308 e. The van der Waals surface area contributed by atoms with Crippen LogP contribution in [0.25, 0.3) is 6.08 Å². The Morgan fingerprint density at radius 1 is 1.40 bits per heavy atom. The SMILES string of the molecule is CC(=O)Oc1c(Br)cc(C=C2SC(=S)NC2=O)cc1Br. The van der Waals surface area contributed by atoms with Crippen LogP contribution in [0, 0.1) is 0 Å². The zero-order valence-electron chi connectivity index (χ0n) is 10.0. The molecule has 0 unspecified atom stereocenters. The van der Waals surface area contributed by atoms with Gasteiger partial charge in [0.05, 0.1) is 13.9 Å². The number of rotatable bonds is 2. The van der Waals surface area contributed by atoms with Gasteiger partial charge in [0.25, 0.3) is 5.91 Å². The van der Waals surface area contributed by atoms with E-state index < -0.39 is 5.97 Å². The highest BCUT2D eigenvalue weighted by Gasteiger charge is 2.22. The van der Waals surface area contributed by atoms with Crippen molar-refractivity contribution in [3.63, 3.8) is 0 Å². The lowest BCUT2D eigenvalue weighted by Gasteiger charge is -2.08. The molecule has 4 nitrogen and oxygen atoms in total. The summed E-state index contributed by atoms with van der Waals surface area (Å²) in [6, 6.07) is 3.51. The fraction of sp³-hybridized carbons (Fsp3) is 0.0833. The molecular weight excluding hydrogens is 430 g/mol. The van der Waals surface area contributed by atoms with Gasteiger partial charge in [-0.1, -0.05) is 24.0 Å². The van der Waals surface area contributed by atoms with Gasteiger partial charge in [0.2, 0.25) is 0 Å². The van der Waals surface area contributed by atoms with Crippen molar-refractivity contribution >= 4 is 78.1 Å². The number of nitrogens with one attached hydrogen (secondary N) is 1. The largest absolute Gasteiger partial charge is 0.424 e. The van der Waals surface area contributed by atoms with Crippen LogP contribution in [0.4, 0.5) is 0 Å². The summed E-state index contributed by atoms with van der Waals surface area (Å²) in [5.41, 5.74) is 0.780. The molecule has 0 bridgehead atoms. The Morgan fingerprint density at radius 3 is 2.45 bits per heavy atom. The molecule has 1 aromatic rings. The highest BCUT2D eigenvalue weighted by molar-refractivity contribution is 9.11. The van der Waals surface area contributed by atoms with Crippen LogP contribution in [0.3, 0.4) is 0 Å². The van der Waals surface area contributed by atoms with E-state index in [1.165, 1.54) is 18.7 Å². The second-order valence-electron chi connectivity index (χ2n) is 3.76. The number of hydrogen-bond acceptors (Lipinski definition) is 5. The van der Waals surface area contributed by atoms with Gasteiger partial charge in [0.15, 0.2) is 5.75 Å². The maximum absolute atomic E-state index is 11.6. The highest BCUT2D eigenvalue weighted by atomic mass is 79.9. The smallest absolute Gasteiger partial charge is 0.308 e. The molecule has 1 aliphatic rings. The fourth-order valence-electron chi connectivity index (χ4n) is 1.48. The topological polar surface area (TPSA) is 55.4 Å². The molecule has 1 heterocycles. The number of esters is 1. The van der Waals surface area contributed by atoms with Crippen LogP contribution in [-0.4, -0.2) is 16.2 Å². The molecule has 8 heteroatoms. The molecule has 1 aliphatic heterocycles. The summed E-state index contributed by atoms with van der Waals surface area (Å²) in [5.74, 6) is -0.219. The molecule has 1 fully saturated rings. The first-order chi connectivity index (χ1) is 9.36. The summed E-state index contributed by atoms with van der Waals surface area (Å²) in [5, 5.41) is 2.55. The third-order valence-corrected chi connectivity index (χ3v) is 4.55. The van der Waals surface area contributed by atoms with Crippen molar-refractivity contribution in [1.82, 2.24) is 5.32 Å². The van der Waals surface area contributed by atoms with E-state index in [1.807, 2.05) is 0 Å². The van der Waals surface area contributed by atoms with E-state index in [2.05, 4.69) is 37.2 Å². The molecule has 0 spiro atoms. The first-order valence-electron chi connectivity index (χ1n) is 5.29. The Bertz CT molecular complexity index is 635. The van der Waals surface area contributed by atoms with Gasteiger partial charge >= 0.3 is 5.97 Å². The molecule has 0 aromatic heterocycles. The molecule has 1 amide bonds. The molecule has 0 atom stereocenters. The summed E-state index contributed by atoms with van der Waals surface area (Å²) in [4.78, 5) is 23.1. The van der Waals surface area contributed by atoms with E-state index in [0.29, 0.717) is 23.9 Å². The first-order valence-corrected chi connectivity index (χ1v) is 8.10. The van der Waals surface area contributed by atoms with Crippen LogP contribution >= 0.6 is 55.8 Å². The number of halogens is 2. The number of thiocarbonyl (C=S) groups is 1.